The van der Waals surface area contributed by atoms with Crippen LogP contribution in [0.2, 0.25) is 0 Å². The number of nitrogens with one attached hydrogen (secondary N) is 2. The molecule has 27 heavy (non-hydrogen) atoms. The maximum absolute atomic E-state index is 13.6. The highest BCUT2D eigenvalue weighted by molar-refractivity contribution is 5.92. The van der Waals surface area contributed by atoms with Crippen molar-refractivity contribution in [3.8, 4) is 0 Å². The lowest BCUT2D eigenvalue weighted by atomic mass is 10.1. The molecule has 4 nitrogen and oxygen atoms in total. The zero-order valence-electron chi connectivity index (χ0n) is 15.0. The van der Waals surface area contributed by atoms with Crippen molar-refractivity contribution in [1.82, 2.24) is 4.98 Å². The molecule has 0 saturated carbocycles. The van der Waals surface area contributed by atoms with Gasteiger partial charge in [-0.2, -0.15) is 0 Å². The van der Waals surface area contributed by atoms with Crippen LogP contribution >= 0.6 is 0 Å². The summed E-state index contributed by atoms with van der Waals surface area (Å²) in [6.45, 7) is 0.820. The average Bonchev–Trinajstić information content (AvgIpc) is 2.69. The number of aromatic nitrogens is 1. The maximum atomic E-state index is 13.6. The van der Waals surface area contributed by atoms with E-state index < -0.39 is 0 Å². The van der Waals surface area contributed by atoms with Crippen molar-refractivity contribution in [3.05, 3.63) is 89.9 Å². The number of amides is 1. The minimum Gasteiger partial charge on any atom is -0.370 e. The number of nitrogens with zero attached hydrogens (tertiary/aromatic N) is 1. The summed E-state index contributed by atoms with van der Waals surface area (Å²) in [5.74, 6) is 0.112. The van der Waals surface area contributed by atoms with Crippen LogP contribution in [0.25, 0.3) is 0 Å². The van der Waals surface area contributed by atoms with Gasteiger partial charge in [0.15, 0.2) is 0 Å². The van der Waals surface area contributed by atoms with Crippen LogP contribution in [-0.2, 0) is 17.6 Å². The Balaban J connectivity index is 1.43. The van der Waals surface area contributed by atoms with Crippen molar-refractivity contribution >= 4 is 17.4 Å². The van der Waals surface area contributed by atoms with Gasteiger partial charge in [0.2, 0.25) is 5.91 Å². The topological polar surface area (TPSA) is 54.0 Å². The number of carbonyl (C=O) groups is 1. The smallest absolute Gasteiger partial charge is 0.228 e. The van der Waals surface area contributed by atoms with Crippen LogP contribution in [0.5, 0.6) is 0 Å². The highest BCUT2D eigenvalue weighted by Gasteiger charge is 2.08. The van der Waals surface area contributed by atoms with Crippen molar-refractivity contribution in [2.75, 3.05) is 17.2 Å². The molecule has 0 aliphatic carbocycles. The lowest BCUT2D eigenvalue weighted by molar-refractivity contribution is -0.115. The fourth-order valence-electron chi connectivity index (χ4n) is 2.75. The summed E-state index contributed by atoms with van der Waals surface area (Å²) < 4.78 is 13.6. The van der Waals surface area contributed by atoms with Gasteiger partial charge in [-0.1, -0.05) is 48.5 Å². The fourth-order valence-corrected chi connectivity index (χ4v) is 2.75. The quantitative estimate of drug-likeness (QED) is 0.582. The van der Waals surface area contributed by atoms with E-state index in [1.54, 1.807) is 30.5 Å². The molecule has 0 aliphatic heterocycles. The Bertz CT molecular complexity index is 866. The largest absolute Gasteiger partial charge is 0.370 e. The van der Waals surface area contributed by atoms with E-state index in [4.69, 9.17) is 0 Å². The van der Waals surface area contributed by atoms with E-state index in [-0.39, 0.29) is 18.1 Å². The van der Waals surface area contributed by atoms with Crippen molar-refractivity contribution in [1.29, 1.82) is 0 Å². The first-order chi connectivity index (χ1) is 13.2. The Labute approximate surface area is 158 Å². The summed E-state index contributed by atoms with van der Waals surface area (Å²) in [5.41, 5.74) is 2.28. The number of carbonyl (C=O) groups excluding carboxylic acids is 1. The van der Waals surface area contributed by atoms with E-state index in [9.17, 15) is 9.18 Å². The Morgan fingerprint density at radius 1 is 0.963 bits per heavy atom. The summed E-state index contributed by atoms with van der Waals surface area (Å²) in [4.78, 5) is 16.3. The van der Waals surface area contributed by atoms with Gasteiger partial charge in [0.25, 0.3) is 0 Å². The second kappa shape index (κ2) is 9.48. The van der Waals surface area contributed by atoms with Gasteiger partial charge in [0.05, 0.1) is 18.3 Å². The van der Waals surface area contributed by atoms with E-state index in [1.165, 1.54) is 11.6 Å². The molecule has 0 atom stereocenters. The predicted octanol–water partition coefficient (Wildman–Crippen LogP) is 4.45. The van der Waals surface area contributed by atoms with Gasteiger partial charge >= 0.3 is 0 Å². The third-order valence-electron chi connectivity index (χ3n) is 4.15. The van der Waals surface area contributed by atoms with Crippen LogP contribution in [0.3, 0.4) is 0 Å². The van der Waals surface area contributed by atoms with Gasteiger partial charge in [0.1, 0.15) is 11.6 Å². The standard InChI is InChI=1S/C22H22FN3O/c23-20-11-5-4-10-18(20)15-22(27)26-19-12-13-21(25-16-19)24-14-6-9-17-7-2-1-3-8-17/h1-5,7-8,10-13,16H,6,9,14-15H2,(H,24,25)(H,26,27). The predicted molar refractivity (Wildman–Crippen MR) is 106 cm³/mol. The third kappa shape index (κ3) is 5.92. The highest BCUT2D eigenvalue weighted by Crippen LogP contribution is 2.12. The number of aryl methyl sites for hydroxylation is 1. The second-order valence-corrected chi connectivity index (χ2v) is 6.26. The van der Waals surface area contributed by atoms with E-state index in [1.807, 2.05) is 24.3 Å². The van der Waals surface area contributed by atoms with Crippen molar-refractivity contribution in [2.24, 2.45) is 0 Å². The molecule has 0 fully saturated rings. The molecule has 2 aromatic carbocycles. The summed E-state index contributed by atoms with van der Waals surface area (Å²) in [5, 5.41) is 6.01. The Kier molecular flexibility index (Phi) is 6.52. The first-order valence-corrected chi connectivity index (χ1v) is 8.98. The van der Waals surface area contributed by atoms with E-state index in [0.717, 1.165) is 25.2 Å². The Hall–Kier alpha value is -3.21. The molecular weight excluding hydrogens is 341 g/mol. The van der Waals surface area contributed by atoms with Gasteiger partial charge in [-0.15, -0.1) is 0 Å². The number of rotatable bonds is 8. The molecule has 0 spiro atoms. The molecule has 2 N–H and O–H groups in total. The molecule has 0 bridgehead atoms. The van der Waals surface area contributed by atoms with E-state index >= 15 is 0 Å². The van der Waals surface area contributed by atoms with Crippen LogP contribution in [0, 0.1) is 5.82 Å². The summed E-state index contributed by atoms with van der Waals surface area (Å²) >= 11 is 0. The lowest BCUT2D eigenvalue weighted by Crippen LogP contribution is -2.15. The summed E-state index contributed by atoms with van der Waals surface area (Å²) in [7, 11) is 0. The molecule has 0 saturated heterocycles. The number of pyridine rings is 1. The number of benzene rings is 2. The Morgan fingerprint density at radius 3 is 2.48 bits per heavy atom. The molecule has 1 amide bonds. The van der Waals surface area contributed by atoms with Crippen molar-refractivity contribution in [2.45, 2.75) is 19.3 Å². The van der Waals surface area contributed by atoms with Crippen LogP contribution < -0.4 is 10.6 Å². The van der Waals surface area contributed by atoms with Crippen molar-refractivity contribution in [3.63, 3.8) is 0 Å². The normalized spacial score (nSPS) is 10.4. The second-order valence-electron chi connectivity index (χ2n) is 6.26. The molecule has 1 aromatic heterocycles. The number of hydrogen-bond donors (Lipinski definition) is 2. The van der Waals surface area contributed by atoms with Crippen LogP contribution in [-0.4, -0.2) is 17.4 Å². The maximum Gasteiger partial charge on any atom is 0.228 e. The minimum atomic E-state index is -0.374. The summed E-state index contributed by atoms with van der Waals surface area (Å²) in [6, 6.07) is 20.2. The lowest BCUT2D eigenvalue weighted by Gasteiger charge is -2.08. The van der Waals surface area contributed by atoms with Gasteiger partial charge in [-0.3, -0.25) is 4.79 Å². The zero-order valence-corrected chi connectivity index (χ0v) is 15.0. The van der Waals surface area contributed by atoms with Gasteiger partial charge in [0, 0.05) is 6.54 Å². The first-order valence-electron chi connectivity index (χ1n) is 8.98. The average molecular weight is 363 g/mol. The highest BCUT2D eigenvalue weighted by atomic mass is 19.1. The molecule has 0 aliphatic rings. The zero-order chi connectivity index (χ0) is 18.9. The fraction of sp³-hybridized carbons (Fsp3) is 0.182. The number of anilines is 2. The summed E-state index contributed by atoms with van der Waals surface area (Å²) in [6.07, 6.45) is 3.61. The van der Waals surface area contributed by atoms with Gasteiger partial charge in [-0.25, -0.2) is 9.37 Å². The van der Waals surface area contributed by atoms with E-state index in [2.05, 4.69) is 27.8 Å². The molecule has 5 heteroatoms. The van der Waals surface area contributed by atoms with Crippen LogP contribution in [0.4, 0.5) is 15.9 Å². The molecular formula is C22H22FN3O. The first kappa shape index (κ1) is 18.6. The number of halogens is 1. The van der Waals surface area contributed by atoms with Crippen LogP contribution in [0.1, 0.15) is 17.5 Å². The minimum absolute atomic E-state index is 0.00778. The molecule has 0 unspecified atom stereocenters. The van der Waals surface area contributed by atoms with Crippen LogP contribution in [0.15, 0.2) is 72.9 Å². The third-order valence-corrected chi connectivity index (χ3v) is 4.15. The number of hydrogen-bond acceptors (Lipinski definition) is 3. The molecule has 0 radical (unpaired) electrons. The molecule has 3 rings (SSSR count). The van der Waals surface area contributed by atoms with Gasteiger partial charge in [-0.05, 0) is 42.2 Å². The molecule has 1 heterocycles. The Morgan fingerprint density at radius 2 is 1.74 bits per heavy atom. The monoisotopic (exact) mass is 363 g/mol. The van der Waals surface area contributed by atoms with Crippen molar-refractivity contribution < 1.29 is 9.18 Å². The van der Waals surface area contributed by atoms with Gasteiger partial charge < -0.3 is 10.6 Å². The van der Waals surface area contributed by atoms with E-state index in [0.29, 0.717) is 11.3 Å². The SMILES string of the molecule is O=C(Cc1ccccc1F)Nc1ccc(NCCCc2ccccc2)nc1. The molecule has 138 valence electrons. The molecule has 3 aromatic rings.